The van der Waals surface area contributed by atoms with E-state index in [9.17, 15) is 33.6 Å². The Kier molecular flexibility index (Phi) is 29.3. The Hall–Kier alpha value is -11.7. The van der Waals surface area contributed by atoms with Crippen LogP contribution in [0.15, 0.2) is 273 Å². The van der Waals surface area contributed by atoms with Crippen molar-refractivity contribution in [1.82, 2.24) is 0 Å². The van der Waals surface area contributed by atoms with Crippen LogP contribution in [0.3, 0.4) is 0 Å². The molecule has 0 amide bonds. The topological polar surface area (TPSA) is 309 Å². The highest BCUT2D eigenvalue weighted by Crippen LogP contribution is 2.40. The monoisotopic (exact) mass is 1630 g/mol. The van der Waals surface area contributed by atoms with Gasteiger partial charge < -0.3 is 71.1 Å². The molecule has 0 saturated carbocycles. The molecule has 600 valence electrons. The lowest BCUT2D eigenvalue weighted by molar-refractivity contribution is -0.332. The largest absolute Gasteiger partial charge is 0.462 e. The molecular weight excluding hydrogens is 1550 g/mol. The molecule has 0 N–H and O–H groups in total. The maximum atomic E-state index is 15.1. The molecule has 3 aliphatic rings. The highest BCUT2D eigenvalue weighted by atomic mass is 35.5. The molecule has 25 nitrogen and oxygen atoms in total. The minimum absolute atomic E-state index is 0.000655. The first-order chi connectivity index (χ1) is 56.2. The van der Waals surface area contributed by atoms with Crippen LogP contribution in [-0.4, -0.2) is 190 Å². The Morgan fingerprint density at radius 3 is 0.759 bits per heavy atom. The van der Waals surface area contributed by atoms with E-state index < -0.39 is 185 Å². The Bertz CT molecular complexity index is 4780. The first-order valence-electron chi connectivity index (χ1n) is 37.1. The van der Waals surface area contributed by atoms with Gasteiger partial charge in [-0.1, -0.05) is 183 Å². The molecule has 3 aliphatic heterocycles. The number of carbonyl (C=O) groups is 10. The van der Waals surface area contributed by atoms with Crippen LogP contribution in [0.2, 0.25) is 25.7 Å². The fourth-order valence-electron chi connectivity index (χ4n) is 12.6. The maximum absolute atomic E-state index is 15.1. The molecule has 28 heteroatoms. The molecule has 0 aliphatic carbocycles. The first kappa shape index (κ1) is 83.8. The van der Waals surface area contributed by atoms with Gasteiger partial charge in [0.1, 0.15) is 36.2 Å². The number of ether oxygens (including phenoxy) is 15. The van der Waals surface area contributed by atoms with E-state index >= 15 is 14.4 Å². The number of hydrogen-bond donors (Lipinski definition) is 0. The van der Waals surface area contributed by atoms with E-state index in [2.05, 4.69) is 19.6 Å². The van der Waals surface area contributed by atoms with Gasteiger partial charge in [-0.15, -0.1) is 23.4 Å². The number of halogens is 1. The van der Waals surface area contributed by atoms with E-state index in [-0.39, 0.29) is 50.1 Å². The average Bonchev–Trinajstić information content (AvgIpc) is 0.770. The lowest BCUT2D eigenvalue weighted by atomic mass is 9.96. The van der Waals surface area contributed by atoms with E-state index in [4.69, 9.17) is 82.7 Å². The van der Waals surface area contributed by atoms with Crippen LogP contribution in [-0.2, 0) is 75.8 Å². The van der Waals surface area contributed by atoms with Crippen molar-refractivity contribution in [3.63, 3.8) is 0 Å². The second-order valence-electron chi connectivity index (χ2n) is 27.9. The van der Waals surface area contributed by atoms with Gasteiger partial charge in [-0.05, 0) is 121 Å². The summed E-state index contributed by atoms with van der Waals surface area (Å²) in [6.07, 6.45) is -26.4. The third-order valence-electron chi connectivity index (χ3n) is 18.5. The molecule has 9 aromatic carbocycles. The fraction of sp³-hybridized carbons (Fsp3) is 0.273. The summed E-state index contributed by atoms with van der Waals surface area (Å²) in [6, 6.07) is 70.1. The molecule has 0 unspecified atom stereocenters. The smallest absolute Gasteiger partial charge is 0.338 e. The van der Waals surface area contributed by atoms with Gasteiger partial charge >= 0.3 is 59.7 Å². The van der Waals surface area contributed by atoms with E-state index in [0.717, 1.165) is 0 Å². The molecule has 0 radical (unpaired) electrons. The van der Waals surface area contributed by atoms with Gasteiger partial charge in [0.15, 0.2) is 67.5 Å². The number of esters is 10. The summed E-state index contributed by atoms with van der Waals surface area (Å²) in [4.78, 5) is 147. The highest BCUT2D eigenvalue weighted by Gasteiger charge is 2.59. The third kappa shape index (κ3) is 22.5. The van der Waals surface area contributed by atoms with Gasteiger partial charge in [0.25, 0.3) is 0 Å². The number of carbonyl (C=O) groups excluding carboxylic acids is 10. The van der Waals surface area contributed by atoms with E-state index in [1.807, 2.05) is 0 Å². The lowest BCUT2D eigenvalue weighted by Crippen LogP contribution is -2.65. The van der Waals surface area contributed by atoms with Crippen LogP contribution >= 0.6 is 23.4 Å². The zero-order valence-electron chi connectivity index (χ0n) is 62.9. The molecular formula is C88H81ClO25SSi. The predicted octanol–water partition coefficient (Wildman–Crippen LogP) is 13.1. The van der Waals surface area contributed by atoms with Gasteiger partial charge in [0, 0.05) is 8.07 Å². The average molecular weight is 1630 g/mol. The molecule has 3 heterocycles. The van der Waals surface area contributed by atoms with Gasteiger partial charge in [-0.2, -0.15) is 0 Å². The molecule has 15 atom stereocenters. The van der Waals surface area contributed by atoms with Crippen LogP contribution in [0.1, 0.15) is 93.2 Å². The van der Waals surface area contributed by atoms with Crippen LogP contribution in [0, 0.1) is 0 Å². The Labute approximate surface area is 677 Å². The number of hydrogen-bond acceptors (Lipinski definition) is 26. The second-order valence-corrected chi connectivity index (χ2v) is 35.0. The SMILES string of the molecule is C[Si](C)(C)CCS[C@@H]1O[C@H](CO[C@@H]2O[C@H](CO[C@@H]3O[C@H](COC(=O)CCl)[C@H](OC(=O)c4ccccc4)[C@H](OC(=O)c4ccccc4)[C@H]3OC(=O)c3ccccc3)[C@H](OC(=O)c3ccccc3)[C@H](OC(=O)c3ccccc3)[C@H]2OC(=O)c2ccccc2)[C@H](OC(=O)c2ccccc2)[C@H](OC(=O)c2ccccc2)[C@H]1OC(=O)c1ccccc1. The van der Waals surface area contributed by atoms with Gasteiger partial charge in [0.05, 0.1) is 63.3 Å². The van der Waals surface area contributed by atoms with Crippen LogP contribution in [0.5, 0.6) is 0 Å². The molecule has 3 fully saturated rings. The van der Waals surface area contributed by atoms with Crippen molar-refractivity contribution in [3.05, 3.63) is 323 Å². The Morgan fingerprint density at radius 2 is 0.509 bits per heavy atom. The highest BCUT2D eigenvalue weighted by molar-refractivity contribution is 7.99. The quantitative estimate of drug-likeness (QED) is 0.0169. The van der Waals surface area contributed by atoms with E-state index in [1.54, 1.807) is 164 Å². The van der Waals surface area contributed by atoms with Crippen molar-refractivity contribution in [1.29, 1.82) is 0 Å². The van der Waals surface area contributed by atoms with Crippen molar-refractivity contribution < 1.29 is 119 Å². The van der Waals surface area contributed by atoms with Gasteiger partial charge in [-0.3, -0.25) is 4.79 Å². The summed E-state index contributed by atoms with van der Waals surface area (Å²) >= 11 is 7.22. The Balaban J connectivity index is 1.01. The first-order valence-corrected chi connectivity index (χ1v) is 42.4. The molecule has 116 heavy (non-hydrogen) atoms. The van der Waals surface area contributed by atoms with Crippen LogP contribution in [0.4, 0.5) is 0 Å². The second kappa shape index (κ2) is 40.6. The number of benzene rings is 9. The number of alkyl halides is 1. The van der Waals surface area contributed by atoms with Gasteiger partial charge in [0.2, 0.25) is 0 Å². The molecule has 0 aromatic heterocycles. The number of thioether (sulfide) groups is 1. The standard InChI is InChI=1S/C88H81ClO25SSi/c1-116(2,3)50-49-115-88-76(114-85(99)63-47-29-12-30-48-63)73(111-82(96)60-41-23-9-24-42-60)70(108-79(93)57-35-17-6-18-36-57)66(105-88)54-102-87-75(113-84(98)62-45-27-11-28-46-62)72(110-81(95)59-39-21-8-22-40-59)69(107-78(92)56-33-15-5-16-34-56)65(104-87)53-101-86-74(112-83(97)61-43-25-10-26-44-61)71(109-80(94)58-37-19-7-20-38-58)68(64(103-86)52-100-67(90)51-89)106-77(91)55-31-13-4-14-32-55/h4-48,64-66,68-76,86-88H,49-54H2,1-3H3/t64-,65-,66-,68+,69+,70+,71+,72+,73+,74-,75-,76-,86-,87-,88+/m1/s1. The number of rotatable bonds is 31. The summed E-state index contributed by atoms with van der Waals surface area (Å²) in [5, 5.41) is 0. The minimum Gasteiger partial charge on any atom is -0.462 e. The molecule has 12 rings (SSSR count). The molecule has 9 aromatic rings. The lowest BCUT2D eigenvalue weighted by Gasteiger charge is -2.47. The zero-order valence-corrected chi connectivity index (χ0v) is 65.4. The summed E-state index contributed by atoms with van der Waals surface area (Å²) in [7, 11) is -1.88. The van der Waals surface area contributed by atoms with E-state index in [0.29, 0.717) is 11.8 Å². The summed E-state index contributed by atoms with van der Waals surface area (Å²) in [6.45, 7) is 3.90. The van der Waals surface area contributed by atoms with E-state index in [1.165, 1.54) is 121 Å². The van der Waals surface area contributed by atoms with Crippen LogP contribution < -0.4 is 0 Å². The molecule has 0 spiro atoms. The minimum atomic E-state index is -2.09. The summed E-state index contributed by atoms with van der Waals surface area (Å²) < 4.78 is 98.0. The van der Waals surface area contributed by atoms with Gasteiger partial charge in [-0.25, -0.2) is 43.2 Å². The van der Waals surface area contributed by atoms with Crippen molar-refractivity contribution in [2.45, 2.75) is 117 Å². The fourth-order valence-corrected chi connectivity index (χ4v) is 16.5. The third-order valence-corrected chi connectivity index (χ3v) is 22.0. The zero-order chi connectivity index (χ0) is 81.5. The molecule has 3 saturated heterocycles. The van der Waals surface area contributed by atoms with Crippen molar-refractivity contribution >= 4 is 91.1 Å². The normalized spacial score (nSPS) is 22.9. The molecule has 0 bridgehead atoms. The van der Waals surface area contributed by atoms with Crippen molar-refractivity contribution in [3.8, 4) is 0 Å². The van der Waals surface area contributed by atoms with Crippen molar-refractivity contribution in [2.24, 2.45) is 0 Å². The summed E-state index contributed by atoms with van der Waals surface area (Å²) in [5.41, 5.74) is -1.30. The predicted molar refractivity (Wildman–Crippen MR) is 421 cm³/mol. The van der Waals surface area contributed by atoms with Crippen molar-refractivity contribution in [2.75, 3.05) is 31.5 Å². The maximum Gasteiger partial charge on any atom is 0.338 e. The Morgan fingerprint density at radius 1 is 0.293 bits per heavy atom. The van der Waals surface area contributed by atoms with Crippen LogP contribution in [0.25, 0.3) is 0 Å². The summed E-state index contributed by atoms with van der Waals surface area (Å²) in [5.74, 6) is -10.3.